The molecule has 0 N–H and O–H groups in total. The topological polar surface area (TPSA) is 176 Å². The molecule has 0 radical (unpaired) electrons. The molecule has 1 aliphatic rings. The Morgan fingerprint density at radius 2 is 1.63 bits per heavy atom. The van der Waals surface area contributed by atoms with Crippen LogP contribution in [0.1, 0.15) is 22.8 Å². The van der Waals surface area contributed by atoms with E-state index in [9.17, 15) is 39.4 Å². The fourth-order valence-corrected chi connectivity index (χ4v) is 3.68. The minimum atomic E-state index is -1.05. The smallest absolute Gasteiger partial charge is 0.344 e. The van der Waals surface area contributed by atoms with E-state index in [-0.39, 0.29) is 22.8 Å². The van der Waals surface area contributed by atoms with Gasteiger partial charge < -0.3 is 9.47 Å². The van der Waals surface area contributed by atoms with E-state index in [0.29, 0.717) is 17.3 Å². The van der Waals surface area contributed by atoms with Crippen LogP contribution in [0.5, 0.6) is 5.75 Å². The maximum atomic E-state index is 12.4. The molecule has 1 fully saturated rings. The predicted molar refractivity (Wildman–Crippen MR) is 120 cm³/mol. The fraction of sp³-hybridized carbons (Fsp3) is 0.143. The first-order valence-electron chi connectivity index (χ1n) is 9.76. The zero-order valence-electron chi connectivity index (χ0n) is 17.9. The summed E-state index contributed by atoms with van der Waals surface area (Å²) < 4.78 is 9.87. The molecule has 1 heterocycles. The number of hydrogen-bond acceptors (Lipinski definition) is 11. The van der Waals surface area contributed by atoms with Crippen LogP contribution >= 0.6 is 11.8 Å². The molecular formula is C21H15N3O10S. The highest BCUT2D eigenvalue weighted by Gasteiger charge is 2.36. The summed E-state index contributed by atoms with van der Waals surface area (Å²) in [5.41, 5.74) is -1.19. The summed E-state index contributed by atoms with van der Waals surface area (Å²) >= 11 is 0.651. The molecule has 13 nitrogen and oxygen atoms in total. The third-order valence-corrected chi connectivity index (χ3v) is 5.32. The van der Waals surface area contributed by atoms with Crippen molar-refractivity contribution in [1.29, 1.82) is 0 Å². The number of non-ortho nitro benzene ring substituents is 2. The highest BCUT2D eigenvalue weighted by Crippen LogP contribution is 2.32. The second kappa shape index (κ2) is 10.6. The molecule has 14 heteroatoms. The Hall–Kier alpha value is -4.59. The second-order valence-electron chi connectivity index (χ2n) is 6.78. The highest BCUT2D eigenvalue weighted by atomic mass is 32.2. The van der Waals surface area contributed by atoms with Crippen molar-refractivity contribution in [3.8, 4) is 5.75 Å². The largest absolute Gasteiger partial charge is 0.465 e. The van der Waals surface area contributed by atoms with Crippen LogP contribution in [0.2, 0.25) is 0 Å². The maximum absolute atomic E-state index is 12.4. The van der Waals surface area contributed by atoms with Gasteiger partial charge in [-0.1, -0.05) is 12.1 Å². The fourth-order valence-electron chi connectivity index (χ4n) is 2.85. The Balaban J connectivity index is 1.73. The van der Waals surface area contributed by atoms with E-state index in [4.69, 9.17) is 9.47 Å². The van der Waals surface area contributed by atoms with Crippen molar-refractivity contribution in [2.75, 3.05) is 13.2 Å². The molecule has 3 rings (SSSR count). The van der Waals surface area contributed by atoms with Gasteiger partial charge in [-0.3, -0.25) is 39.5 Å². The van der Waals surface area contributed by atoms with Crippen LogP contribution < -0.4 is 4.74 Å². The zero-order valence-corrected chi connectivity index (χ0v) is 18.7. The summed E-state index contributed by atoms with van der Waals surface area (Å²) in [4.78, 5) is 69.5. The zero-order chi connectivity index (χ0) is 25.7. The second-order valence-corrected chi connectivity index (χ2v) is 7.78. The van der Waals surface area contributed by atoms with Crippen molar-refractivity contribution in [2.45, 2.75) is 6.92 Å². The average molecular weight is 501 g/mol. The molecule has 0 aromatic heterocycles. The first kappa shape index (κ1) is 25.0. The van der Waals surface area contributed by atoms with Gasteiger partial charge in [0.25, 0.3) is 22.5 Å². The van der Waals surface area contributed by atoms with E-state index < -0.39 is 50.9 Å². The number of nitrogens with zero attached hydrogens (tertiary/aromatic N) is 3. The van der Waals surface area contributed by atoms with Gasteiger partial charge in [0, 0.05) is 12.1 Å². The molecule has 0 saturated carbocycles. The number of carbonyl (C=O) groups excluding carboxylic acids is 4. The maximum Gasteiger partial charge on any atom is 0.344 e. The van der Waals surface area contributed by atoms with Crippen LogP contribution in [-0.2, 0) is 14.3 Å². The number of imide groups is 1. The molecule has 0 atom stereocenters. The number of carbonyl (C=O) groups is 4. The van der Waals surface area contributed by atoms with Crippen molar-refractivity contribution in [3.63, 3.8) is 0 Å². The van der Waals surface area contributed by atoms with Gasteiger partial charge in [-0.05, 0) is 42.5 Å². The number of amides is 2. The van der Waals surface area contributed by atoms with Crippen LogP contribution in [0, 0.1) is 20.2 Å². The number of nitro benzene ring substituents is 2. The number of esters is 2. The standard InChI is InChI=1S/C21H15N3O10S/c1-2-33-18(25)11-22-19(26)17(35-21(22)28)7-12-3-5-16(6-4-12)34-20(27)13-8-14(23(29)30)10-15(9-13)24(31)32/h3-10H,2,11H2,1H3/b17-7-. The lowest BCUT2D eigenvalue weighted by molar-refractivity contribution is -0.394. The summed E-state index contributed by atoms with van der Waals surface area (Å²) in [6.45, 7) is 1.21. The molecule has 0 aliphatic carbocycles. The van der Waals surface area contributed by atoms with E-state index in [1.807, 2.05) is 0 Å². The summed E-state index contributed by atoms with van der Waals surface area (Å²) in [7, 11) is 0. The number of nitro groups is 2. The molecule has 0 spiro atoms. The van der Waals surface area contributed by atoms with E-state index >= 15 is 0 Å². The van der Waals surface area contributed by atoms with Crippen molar-refractivity contribution in [1.82, 2.24) is 4.90 Å². The van der Waals surface area contributed by atoms with Gasteiger partial charge in [-0.2, -0.15) is 0 Å². The van der Waals surface area contributed by atoms with E-state index in [0.717, 1.165) is 23.1 Å². The molecule has 1 saturated heterocycles. The number of rotatable bonds is 8. The lowest BCUT2D eigenvalue weighted by Gasteiger charge is -2.10. The van der Waals surface area contributed by atoms with Gasteiger partial charge in [-0.15, -0.1) is 0 Å². The Morgan fingerprint density at radius 1 is 1.03 bits per heavy atom. The van der Waals surface area contributed by atoms with Gasteiger partial charge in [0.15, 0.2) is 0 Å². The van der Waals surface area contributed by atoms with Gasteiger partial charge in [0.2, 0.25) is 0 Å². The number of hydrogen-bond donors (Lipinski definition) is 0. The van der Waals surface area contributed by atoms with Crippen molar-refractivity contribution >= 4 is 52.3 Å². The van der Waals surface area contributed by atoms with Gasteiger partial charge >= 0.3 is 11.9 Å². The normalized spacial score (nSPS) is 14.2. The Bertz CT molecular complexity index is 1240. The Kier molecular flexibility index (Phi) is 7.56. The monoisotopic (exact) mass is 501 g/mol. The molecule has 35 heavy (non-hydrogen) atoms. The summed E-state index contributed by atoms with van der Waals surface area (Å²) in [6, 6.07) is 8.10. The number of benzene rings is 2. The molecular weight excluding hydrogens is 486 g/mol. The third kappa shape index (κ3) is 6.05. The minimum absolute atomic E-state index is 0.0247. The van der Waals surface area contributed by atoms with Gasteiger partial charge in [0.05, 0.1) is 33.0 Å². The minimum Gasteiger partial charge on any atom is -0.465 e. The summed E-state index contributed by atoms with van der Waals surface area (Å²) in [6.07, 6.45) is 1.41. The SMILES string of the molecule is CCOC(=O)CN1C(=O)S/C(=C\c2ccc(OC(=O)c3cc([N+](=O)[O-])cc([N+](=O)[O-])c3)cc2)C1=O. The van der Waals surface area contributed by atoms with E-state index in [1.165, 1.54) is 30.3 Å². The Morgan fingerprint density at radius 3 is 2.17 bits per heavy atom. The van der Waals surface area contributed by atoms with Crippen LogP contribution in [0.15, 0.2) is 47.4 Å². The number of thioether (sulfide) groups is 1. The summed E-state index contributed by atoms with van der Waals surface area (Å²) in [5, 5.41) is 21.4. The lowest BCUT2D eigenvalue weighted by Crippen LogP contribution is -2.34. The highest BCUT2D eigenvalue weighted by molar-refractivity contribution is 8.18. The predicted octanol–water partition coefficient (Wildman–Crippen LogP) is 3.32. The van der Waals surface area contributed by atoms with Crippen molar-refractivity contribution in [2.24, 2.45) is 0 Å². The first-order valence-corrected chi connectivity index (χ1v) is 10.6. The van der Waals surface area contributed by atoms with Crippen LogP contribution in [-0.4, -0.2) is 51.0 Å². The Labute approximate surface area is 200 Å². The number of ether oxygens (including phenoxy) is 2. The first-order chi connectivity index (χ1) is 16.6. The van der Waals surface area contributed by atoms with Gasteiger partial charge in [0.1, 0.15) is 12.3 Å². The van der Waals surface area contributed by atoms with Gasteiger partial charge in [-0.25, -0.2) is 4.79 Å². The quantitative estimate of drug-likeness (QED) is 0.170. The van der Waals surface area contributed by atoms with Crippen LogP contribution in [0.3, 0.4) is 0 Å². The molecule has 1 aliphatic heterocycles. The van der Waals surface area contributed by atoms with E-state index in [2.05, 4.69) is 0 Å². The molecule has 0 unspecified atom stereocenters. The molecule has 180 valence electrons. The van der Waals surface area contributed by atoms with Crippen LogP contribution in [0.25, 0.3) is 6.08 Å². The van der Waals surface area contributed by atoms with E-state index in [1.54, 1.807) is 6.92 Å². The third-order valence-electron chi connectivity index (χ3n) is 4.41. The lowest BCUT2D eigenvalue weighted by atomic mass is 10.1. The summed E-state index contributed by atoms with van der Waals surface area (Å²) in [5.74, 6) is -2.39. The molecule has 0 bridgehead atoms. The average Bonchev–Trinajstić information content (AvgIpc) is 3.07. The van der Waals surface area contributed by atoms with Crippen LogP contribution in [0.4, 0.5) is 16.2 Å². The molecule has 2 aromatic carbocycles. The van der Waals surface area contributed by atoms with Crippen molar-refractivity contribution in [3.05, 3.63) is 78.7 Å². The molecule has 2 aromatic rings. The molecule has 2 amide bonds. The van der Waals surface area contributed by atoms with Crippen molar-refractivity contribution < 1.29 is 38.5 Å².